The van der Waals surface area contributed by atoms with Gasteiger partial charge in [-0.2, -0.15) is 0 Å². The van der Waals surface area contributed by atoms with Crippen LogP contribution in [0.25, 0.3) is 0 Å². The molecule has 138 heavy (non-hydrogen) atoms. The van der Waals surface area contributed by atoms with E-state index in [1.807, 2.05) is 6.08 Å². The van der Waals surface area contributed by atoms with Crippen LogP contribution in [0.1, 0.15) is 247 Å². The monoisotopic (exact) mass is 1990 g/mol. The molecule has 8 fully saturated rings. The van der Waals surface area contributed by atoms with Gasteiger partial charge in [0.1, 0.15) is 183 Å². The molecule has 8 heterocycles. The van der Waals surface area contributed by atoms with Crippen molar-refractivity contribution in [3.63, 3.8) is 0 Å². The Hall–Kier alpha value is -3.63. The molecule has 0 radical (unpaired) electrons. The molecule has 0 saturated carbocycles. The molecule has 8 aliphatic heterocycles. The molecule has 3 amide bonds. The van der Waals surface area contributed by atoms with Gasteiger partial charge < -0.3 is 204 Å². The Labute approximate surface area is 808 Å². The number of carbonyl (C=O) groups is 3. The van der Waals surface area contributed by atoms with Gasteiger partial charge in [0.05, 0.1) is 70.6 Å². The van der Waals surface area contributed by atoms with Gasteiger partial charge in [0.15, 0.2) is 50.3 Å². The van der Waals surface area contributed by atoms with Gasteiger partial charge in [0.2, 0.25) is 17.7 Å². The van der Waals surface area contributed by atoms with Gasteiger partial charge in [-0.3, -0.25) is 14.4 Å². The number of nitrogens with one attached hydrogen (secondary N) is 3. The fourth-order valence-electron chi connectivity index (χ4n) is 18.7. The number of unbranched alkanes of at least 4 members (excludes halogenated alkanes) is 28. The van der Waals surface area contributed by atoms with Crippen LogP contribution in [-0.2, 0) is 90.2 Å². The summed E-state index contributed by atoms with van der Waals surface area (Å²) in [6.07, 6.45) is -33.1. The highest BCUT2D eigenvalue weighted by Gasteiger charge is 2.61. The zero-order chi connectivity index (χ0) is 101. The summed E-state index contributed by atoms with van der Waals surface area (Å²) in [5, 5.41) is 257. The van der Waals surface area contributed by atoms with Gasteiger partial charge in [-0.05, 0) is 58.8 Å². The predicted octanol–water partition coefficient (Wildman–Crippen LogP) is -2.60. The second-order valence-corrected chi connectivity index (χ2v) is 38.0. The highest BCUT2D eigenvalue weighted by Crippen LogP contribution is 2.41. The largest absolute Gasteiger partial charge is 0.394 e. The molecule has 0 aliphatic carbocycles. The van der Waals surface area contributed by atoms with Crippen LogP contribution in [0.5, 0.6) is 0 Å². The van der Waals surface area contributed by atoms with Gasteiger partial charge in [0, 0.05) is 20.3 Å². The number of hydrogen-bond donors (Lipinski definition) is 25. The van der Waals surface area contributed by atoms with E-state index in [2.05, 4.69) is 41.9 Å². The Morgan fingerprint density at radius 3 is 1.05 bits per heavy atom. The van der Waals surface area contributed by atoms with Gasteiger partial charge in [-0.15, -0.1) is 0 Å². The molecule has 42 atom stereocenters. The molecular weight excluding hydrogens is 1830 g/mol. The summed E-state index contributed by atoms with van der Waals surface area (Å²) in [6, 6.07) is -5.00. The minimum atomic E-state index is -2.40. The van der Waals surface area contributed by atoms with Crippen LogP contribution in [0.4, 0.5) is 0 Å². The first-order valence-corrected chi connectivity index (χ1v) is 50.4. The van der Waals surface area contributed by atoms with Gasteiger partial charge in [0.25, 0.3) is 0 Å². The van der Waals surface area contributed by atoms with Crippen molar-refractivity contribution < 1.29 is 203 Å². The molecule has 44 heteroatoms. The van der Waals surface area contributed by atoms with Gasteiger partial charge in [-0.25, -0.2) is 0 Å². The Morgan fingerprint density at radius 1 is 0.297 bits per heavy atom. The topological polar surface area (TPSA) is 680 Å². The molecule has 8 saturated heterocycles. The summed E-state index contributed by atoms with van der Waals surface area (Å²) < 4.78 is 96.8. The zero-order valence-electron chi connectivity index (χ0n) is 80.7. The maximum Gasteiger partial charge on any atom is 0.220 e. The SMILES string of the molecule is CCCCCCCC/C=C\CCCCCCCCCCCCCC(=O)N[C@@H](CO[C@@H]1OC(CO)[C@@H](O[C@@H]2OC(CO)[C@H](O)[C@H](O[C@@H]3OC(CO)[C@@H](O[C@@H]4OC(CO)[C@H](O)[C@H](O[C@@H]5OC(CO)[C@@H](O[C@@H]6OC(CO)[C@H](O)[C@H](O)C6O[C@H]6OC(C)[C@@H](O)C(O)[C@@H]6O)[C@H](O[C@H]6OC(C)[C@@H](O)C(O)[C@@H]6O)C5NC(C)=O)C4O)[C@H](O)C3NC(C)=O)C2O)[C@H](O)C1O)[C@H](O)/C=C/CCCCCCCCCCCCC. The molecular formula is C94H167N3O41. The summed E-state index contributed by atoms with van der Waals surface area (Å²) in [5.41, 5.74) is 0. The molecule has 0 bridgehead atoms. The molecule has 804 valence electrons. The molecule has 0 spiro atoms. The van der Waals surface area contributed by atoms with Crippen molar-refractivity contribution in [2.45, 2.75) is 505 Å². The molecule has 16 unspecified atom stereocenters. The van der Waals surface area contributed by atoms with Crippen molar-refractivity contribution in [1.82, 2.24) is 16.0 Å². The van der Waals surface area contributed by atoms with Crippen LogP contribution in [-0.4, -0.2) is 434 Å². The van der Waals surface area contributed by atoms with E-state index in [9.17, 15) is 127 Å². The maximum absolute atomic E-state index is 13.7. The summed E-state index contributed by atoms with van der Waals surface area (Å²) in [4.78, 5) is 40.4. The van der Waals surface area contributed by atoms with E-state index in [-0.39, 0.29) is 12.3 Å². The van der Waals surface area contributed by atoms with E-state index >= 15 is 0 Å². The number of amides is 3. The average molecular weight is 2000 g/mol. The lowest BCUT2D eigenvalue weighted by Gasteiger charge is -2.52. The lowest BCUT2D eigenvalue weighted by atomic mass is 9.93. The van der Waals surface area contributed by atoms with E-state index in [1.165, 1.54) is 136 Å². The fraction of sp³-hybridized carbons (Fsp3) is 0.926. The summed E-state index contributed by atoms with van der Waals surface area (Å²) in [5.74, 6) is -2.24. The van der Waals surface area contributed by atoms with E-state index in [0.29, 0.717) is 12.8 Å². The molecule has 8 aliphatic rings. The summed E-state index contributed by atoms with van der Waals surface area (Å²) in [7, 11) is 0. The molecule has 0 aromatic rings. The van der Waals surface area contributed by atoms with Gasteiger partial charge in [-0.1, -0.05) is 192 Å². The predicted molar refractivity (Wildman–Crippen MR) is 484 cm³/mol. The number of rotatable bonds is 61. The Balaban J connectivity index is 0.923. The molecule has 0 aromatic heterocycles. The second kappa shape index (κ2) is 62.5. The number of allylic oxidation sites excluding steroid dienone is 3. The van der Waals surface area contributed by atoms with Crippen LogP contribution in [0.3, 0.4) is 0 Å². The second-order valence-electron chi connectivity index (χ2n) is 38.0. The minimum Gasteiger partial charge on any atom is -0.394 e. The maximum atomic E-state index is 13.7. The smallest absolute Gasteiger partial charge is 0.220 e. The molecule has 0 aromatic carbocycles. The highest BCUT2D eigenvalue weighted by molar-refractivity contribution is 5.76. The normalized spacial score (nSPS) is 39.2. The Kier molecular flexibility index (Phi) is 54.2. The van der Waals surface area contributed by atoms with Crippen molar-refractivity contribution in [3.05, 3.63) is 24.3 Å². The van der Waals surface area contributed by atoms with Crippen molar-refractivity contribution >= 4 is 17.7 Å². The summed E-state index contributed by atoms with van der Waals surface area (Å²) >= 11 is 0. The lowest BCUT2D eigenvalue weighted by molar-refractivity contribution is -0.401. The average Bonchev–Trinajstić information content (AvgIpc) is 0.752. The first-order valence-electron chi connectivity index (χ1n) is 50.4. The van der Waals surface area contributed by atoms with E-state index in [1.54, 1.807) is 6.08 Å². The Bertz CT molecular complexity index is 3400. The van der Waals surface area contributed by atoms with Crippen molar-refractivity contribution in [2.24, 2.45) is 0 Å². The van der Waals surface area contributed by atoms with Gasteiger partial charge >= 0.3 is 0 Å². The van der Waals surface area contributed by atoms with Crippen molar-refractivity contribution in [2.75, 3.05) is 46.2 Å². The highest BCUT2D eigenvalue weighted by atomic mass is 16.8. The third kappa shape index (κ3) is 35.0. The number of aliphatic hydroxyl groups is 22. The van der Waals surface area contributed by atoms with Crippen LogP contribution >= 0.6 is 0 Å². The number of ether oxygens (including phenoxy) is 16. The van der Waals surface area contributed by atoms with Crippen molar-refractivity contribution in [3.8, 4) is 0 Å². The lowest BCUT2D eigenvalue weighted by Crippen LogP contribution is -2.72. The molecule has 25 N–H and O–H groups in total. The number of carbonyl (C=O) groups excluding carboxylic acids is 3. The third-order valence-corrected chi connectivity index (χ3v) is 27.0. The van der Waals surface area contributed by atoms with Crippen LogP contribution in [0, 0.1) is 0 Å². The Morgan fingerprint density at radius 2 is 0.616 bits per heavy atom. The zero-order valence-corrected chi connectivity index (χ0v) is 80.7. The quantitative estimate of drug-likeness (QED) is 0.0219. The van der Waals surface area contributed by atoms with E-state index in [0.717, 1.165) is 78.1 Å². The van der Waals surface area contributed by atoms with E-state index in [4.69, 9.17) is 75.8 Å². The molecule has 44 nitrogen and oxygen atoms in total. The van der Waals surface area contributed by atoms with E-state index < -0.39 is 316 Å². The molecule has 8 rings (SSSR count). The van der Waals surface area contributed by atoms with Crippen LogP contribution in [0.15, 0.2) is 24.3 Å². The van der Waals surface area contributed by atoms with Crippen molar-refractivity contribution in [1.29, 1.82) is 0 Å². The van der Waals surface area contributed by atoms with Crippen LogP contribution < -0.4 is 16.0 Å². The standard InChI is InChI=1S/C94H167N3O41/c1-7-9-11-13-15-17-19-21-22-23-24-25-26-27-28-30-32-34-36-38-40-42-62(107)97-54(55(106)41-39-37-35-33-31-29-20-18-16-14-12-10-8-2)49-123-89-77(120)74(117)81(60(47-102)131-89)133-93-78(121)84(68(111)57(44-99)127-93)136-87-63(95-52(5)104)70(113)80(59(46-101)129-87)132-92-79(122)85(69(112)58(45-100)126-92)137-88-64(96-53(6)105)83(135-90-75(118)71(114)65(108)50(3)124-90)82(61(48-103)130-88)134-94-86(73(116)67(110)56(43-98)128-94)138-91-76(119)72(115)66(109)51(4)125-91/h21-22,39,41,50-51,54-61,63-94,98-103,106,108-122H,7-20,23-38,40,42-49H2,1-6H3,(H,95,104)(H,96,105)(H,97,107)/b22-21-,41-39+/t50?,51?,54-,55+,56?,57?,58?,59?,60?,61?,63?,64?,65+,66+,67-,68-,69-,70+,71?,72?,73-,74+,75-,76-,77?,78?,79?,80+,81+,82+,83+,84-,85-,86?,87-,88-,89+,90+,91+,92-,93-,94-/m0/s1. The van der Waals surface area contributed by atoms with Crippen LogP contribution in [0.2, 0.25) is 0 Å². The fourth-order valence-corrected chi connectivity index (χ4v) is 18.7. The number of hydrogen-bond acceptors (Lipinski definition) is 41. The first kappa shape index (κ1) is 120. The minimum absolute atomic E-state index is 0.150. The third-order valence-electron chi connectivity index (χ3n) is 27.0. The number of aliphatic hydroxyl groups excluding tert-OH is 22. The first-order chi connectivity index (χ1) is 66.2. The summed E-state index contributed by atoms with van der Waals surface area (Å²) in [6.45, 7) is 1.94.